The van der Waals surface area contributed by atoms with E-state index in [1.807, 2.05) is 24.4 Å². The highest BCUT2D eigenvalue weighted by Crippen LogP contribution is 2.36. The lowest BCUT2D eigenvalue weighted by Gasteiger charge is -2.07. The van der Waals surface area contributed by atoms with Crippen LogP contribution in [0.5, 0.6) is 5.75 Å². The van der Waals surface area contributed by atoms with E-state index in [2.05, 4.69) is 36.3 Å². The molecule has 0 saturated carbocycles. The fraction of sp³-hybridized carbons (Fsp3) is 0.182. The quantitative estimate of drug-likeness (QED) is 0.945. The average Bonchev–Trinajstić information content (AvgIpc) is 3.07. The number of benzene rings is 1. The van der Waals surface area contributed by atoms with E-state index < -0.39 is 0 Å². The Labute approximate surface area is 106 Å². The Balaban J connectivity index is 2.13. The van der Waals surface area contributed by atoms with Gasteiger partial charge in [-0.25, -0.2) is 0 Å². The van der Waals surface area contributed by atoms with Crippen LogP contribution in [0.25, 0.3) is 11.3 Å². The third-order valence-electron chi connectivity index (χ3n) is 2.57. The third kappa shape index (κ3) is 1.84. The molecule has 2 heterocycles. The molecule has 1 aromatic carbocycles. The van der Waals surface area contributed by atoms with Crippen LogP contribution >= 0.6 is 15.9 Å². The number of aliphatic imine (C=N–C) groups is 1. The van der Waals surface area contributed by atoms with Crippen molar-refractivity contribution in [1.29, 1.82) is 0 Å². The van der Waals surface area contributed by atoms with Crippen molar-refractivity contribution < 1.29 is 4.74 Å². The summed E-state index contributed by atoms with van der Waals surface area (Å²) in [7, 11) is 1.64. The Bertz CT molecular complexity index is 587. The summed E-state index contributed by atoms with van der Waals surface area (Å²) >= 11 is 3.44. The molecule has 1 aliphatic rings. The maximum Gasteiger partial charge on any atom is 0.130 e. The van der Waals surface area contributed by atoms with Crippen LogP contribution in [-0.4, -0.2) is 28.7 Å². The molecule has 0 bridgehead atoms. The van der Waals surface area contributed by atoms with Crippen molar-refractivity contribution in [2.75, 3.05) is 7.11 Å². The zero-order chi connectivity index (χ0) is 11.8. The van der Waals surface area contributed by atoms with E-state index in [0.717, 1.165) is 27.2 Å². The fourth-order valence-corrected chi connectivity index (χ4v) is 2.05. The minimum atomic E-state index is 0.0624. The highest BCUT2D eigenvalue weighted by atomic mass is 79.9. The number of halogens is 1. The van der Waals surface area contributed by atoms with Crippen LogP contribution in [0.15, 0.2) is 27.7 Å². The summed E-state index contributed by atoms with van der Waals surface area (Å²) in [5, 5.41) is 10.9. The van der Waals surface area contributed by atoms with Crippen LogP contribution < -0.4 is 4.74 Å². The minimum absolute atomic E-state index is 0.0624. The molecule has 1 aromatic heterocycles. The first-order chi connectivity index (χ1) is 8.29. The van der Waals surface area contributed by atoms with E-state index in [4.69, 9.17) is 4.74 Å². The molecular weight excluding hydrogens is 284 g/mol. The van der Waals surface area contributed by atoms with E-state index in [0.29, 0.717) is 0 Å². The number of methoxy groups -OCH3 is 1. The number of aromatic nitrogens is 3. The summed E-state index contributed by atoms with van der Waals surface area (Å²) in [4.78, 5) is 4.11. The first-order valence-corrected chi connectivity index (χ1v) is 5.87. The smallest absolute Gasteiger partial charge is 0.130 e. The molecule has 3 rings (SSSR count). The van der Waals surface area contributed by atoms with Crippen LogP contribution in [0.1, 0.15) is 11.7 Å². The van der Waals surface area contributed by atoms with Gasteiger partial charge in [0.05, 0.1) is 7.11 Å². The summed E-state index contributed by atoms with van der Waals surface area (Å²) in [5.74, 6) is 0.768. The van der Waals surface area contributed by atoms with Crippen LogP contribution in [0, 0.1) is 0 Å². The highest BCUT2D eigenvalue weighted by molar-refractivity contribution is 9.10. The number of rotatable bonds is 3. The molecule has 0 amide bonds. The number of H-pyrrole nitrogens is 1. The topological polar surface area (TPSA) is 63.2 Å². The standard InChI is InChI=1S/C11H9BrN4O/c1-17-9-3-2-6(12)4-7(9)10-11(8-5-13-8)15-16-14-10/h2-5,8H,1H3,(H,14,15,16). The molecule has 1 aliphatic heterocycles. The van der Waals surface area contributed by atoms with Crippen LogP contribution in [0.2, 0.25) is 0 Å². The van der Waals surface area contributed by atoms with Gasteiger partial charge in [0.15, 0.2) is 0 Å². The van der Waals surface area contributed by atoms with Crippen LogP contribution in [0.3, 0.4) is 0 Å². The molecule has 6 heteroatoms. The highest BCUT2D eigenvalue weighted by Gasteiger charge is 2.26. The van der Waals surface area contributed by atoms with Gasteiger partial charge in [0.25, 0.3) is 0 Å². The van der Waals surface area contributed by atoms with Crippen molar-refractivity contribution in [2.24, 2.45) is 4.99 Å². The maximum absolute atomic E-state index is 5.34. The number of ether oxygens (including phenoxy) is 1. The van der Waals surface area contributed by atoms with Gasteiger partial charge in [-0.15, -0.1) is 0 Å². The van der Waals surface area contributed by atoms with E-state index in [9.17, 15) is 0 Å². The normalized spacial score (nSPS) is 17.2. The second kappa shape index (κ2) is 3.96. The Kier molecular flexibility index (Phi) is 2.44. The summed E-state index contributed by atoms with van der Waals surface area (Å²) in [6.07, 6.45) is 1.84. The summed E-state index contributed by atoms with van der Waals surface area (Å²) in [5.41, 5.74) is 2.52. The van der Waals surface area contributed by atoms with E-state index in [1.54, 1.807) is 7.11 Å². The molecule has 1 unspecified atom stereocenters. The first kappa shape index (κ1) is 10.5. The SMILES string of the molecule is COc1ccc(Br)cc1-c1n[nH]nc1C1C=N1. The van der Waals surface area contributed by atoms with Crippen molar-refractivity contribution in [3.8, 4) is 17.0 Å². The molecule has 1 N–H and O–H groups in total. The fourth-order valence-electron chi connectivity index (χ4n) is 1.69. The number of nitrogens with zero attached hydrogens (tertiary/aromatic N) is 3. The monoisotopic (exact) mass is 292 g/mol. The molecule has 17 heavy (non-hydrogen) atoms. The predicted molar refractivity (Wildman–Crippen MR) is 67.3 cm³/mol. The van der Waals surface area contributed by atoms with Gasteiger partial charge in [0.1, 0.15) is 23.2 Å². The van der Waals surface area contributed by atoms with E-state index in [-0.39, 0.29) is 6.04 Å². The lowest BCUT2D eigenvalue weighted by atomic mass is 10.1. The minimum Gasteiger partial charge on any atom is -0.496 e. The van der Waals surface area contributed by atoms with Crippen molar-refractivity contribution in [1.82, 2.24) is 15.4 Å². The molecule has 0 saturated heterocycles. The van der Waals surface area contributed by atoms with Gasteiger partial charge in [0, 0.05) is 16.3 Å². The molecule has 86 valence electrons. The largest absolute Gasteiger partial charge is 0.496 e. The number of aromatic amines is 1. The lowest BCUT2D eigenvalue weighted by molar-refractivity contribution is 0.416. The van der Waals surface area contributed by atoms with Gasteiger partial charge < -0.3 is 4.74 Å². The summed E-state index contributed by atoms with van der Waals surface area (Å²) in [6.45, 7) is 0. The predicted octanol–water partition coefficient (Wildman–Crippen LogP) is 2.37. The Hall–Kier alpha value is -1.69. The maximum atomic E-state index is 5.34. The van der Waals surface area contributed by atoms with Crippen molar-refractivity contribution in [3.63, 3.8) is 0 Å². The van der Waals surface area contributed by atoms with Gasteiger partial charge >= 0.3 is 0 Å². The van der Waals surface area contributed by atoms with Gasteiger partial charge in [-0.1, -0.05) is 15.9 Å². The van der Waals surface area contributed by atoms with Crippen molar-refractivity contribution in [2.45, 2.75) is 6.04 Å². The molecule has 0 fully saturated rings. The molecule has 0 aliphatic carbocycles. The Morgan fingerprint density at radius 3 is 2.88 bits per heavy atom. The summed E-state index contributed by atoms with van der Waals surface area (Å²) in [6, 6.07) is 5.84. The van der Waals surface area contributed by atoms with Crippen molar-refractivity contribution >= 4 is 22.1 Å². The second-order valence-electron chi connectivity index (χ2n) is 3.65. The zero-order valence-corrected chi connectivity index (χ0v) is 10.6. The van der Waals surface area contributed by atoms with Gasteiger partial charge in [-0.2, -0.15) is 15.4 Å². The van der Waals surface area contributed by atoms with Crippen LogP contribution in [-0.2, 0) is 0 Å². The zero-order valence-electron chi connectivity index (χ0n) is 9.01. The number of hydrogen-bond donors (Lipinski definition) is 1. The number of hydrogen-bond acceptors (Lipinski definition) is 4. The average molecular weight is 293 g/mol. The first-order valence-electron chi connectivity index (χ1n) is 5.07. The molecule has 1 atom stereocenters. The van der Waals surface area contributed by atoms with Gasteiger partial charge in [-0.3, -0.25) is 4.99 Å². The van der Waals surface area contributed by atoms with Crippen LogP contribution in [0.4, 0.5) is 0 Å². The summed E-state index contributed by atoms with van der Waals surface area (Å²) < 4.78 is 6.31. The number of nitrogens with one attached hydrogen (secondary N) is 1. The lowest BCUT2D eigenvalue weighted by Crippen LogP contribution is -1.92. The Morgan fingerprint density at radius 2 is 2.18 bits per heavy atom. The molecule has 5 nitrogen and oxygen atoms in total. The van der Waals surface area contributed by atoms with Gasteiger partial charge in [-0.05, 0) is 18.2 Å². The van der Waals surface area contributed by atoms with Crippen molar-refractivity contribution in [3.05, 3.63) is 28.4 Å². The second-order valence-corrected chi connectivity index (χ2v) is 4.56. The van der Waals surface area contributed by atoms with E-state index in [1.165, 1.54) is 0 Å². The molecule has 2 aromatic rings. The Morgan fingerprint density at radius 1 is 1.35 bits per heavy atom. The van der Waals surface area contributed by atoms with Gasteiger partial charge in [0.2, 0.25) is 0 Å². The molecular formula is C11H9BrN4O. The molecule has 0 spiro atoms. The van der Waals surface area contributed by atoms with E-state index >= 15 is 0 Å². The molecule has 0 radical (unpaired) electrons. The third-order valence-corrected chi connectivity index (χ3v) is 3.06.